The number of hydrogen-bond donors (Lipinski definition) is 2. The molecule has 1 aliphatic rings. The molecule has 0 spiro atoms. The van der Waals surface area contributed by atoms with E-state index in [0.29, 0.717) is 29.9 Å². The number of aliphatic hydroxyl groups excluding tert-OH is 1. The van der Waals surface area contributed by atoms with Crippen LogP contribution in [0.2, 0.25) is 0 Å². The molecule has 0 fully saturated rings. The van der Waals surface area contributed by atoms with E-state index < -0.39 is 0 Å². The quantitative estimate of drug-likeness (QED) is 0.887. The van der Waals surface area contributed by atoms with Crippen molar-refractivity contribution in [3.63, 3.8) is 0 Å². The molecular formula is C19H18FNO3. The summed E-state index contributed by atoms with van der Waals surface area (Å²) in [5.41, 5.74) is 2.99. The van der Waals surface area contributed by atoms with Gasteiger partial charge >= 0.3 is 0 Å². The molecule has 1 heterocycles. The summed E-state index contributed by atoms with van der Waals surface area (Å²) in [5.74, 6) is 0.00963. The molecule has 3 rings (SSSR count). The van der Waals surface area contributed by atoms with Gasteiger partial charge in [0.2, 0.25) is 0 Å². The van der Waals surface area contributed by atoms with Gasteiger partial charge < -0.3 is 15.2 Å². The average Bonchev–Trinajstić information content (AvgIpc) is 2.61. The van der Waals surface area contributed by atoms with Crippen LogP contribution in [-0.2, 0) is 17.8 Å². The number of halogens is 1. The zero-order chi connectivity index (χ0) is 16.9. The van der Waals surface area contributed by atoms with Crippen LogP contribution in [0, 0.1) is 5.82 Å². The number of benzene rings is 2. The fourth-order valence-corrected chi connectivity index (χ4v) is 2.52. The van der Waals surface area contributed by atoms with E-state index in [0.717, 1.165) is 11.1 Å². The Labute approximate surface area is 139 Å². The first-order valence-electron chi connectivity index (χ1n) is 7.75. The van der Waals surface area contributed by atoms with Crippen molar-refractivity contribution in [3.05, 3.63) is 70.5 Å². The van der Waals surface area contributed by atoms with E-state index in [1.807, 2.05) is 24.3 Å². The van der Waals surface area contributed by atoms with Crippen molar-refractivity contribution < 1.29 is 19.0 Å². The largest absolute Gasteiger partial charge is 0.488 e. The molecule has 0 unspecified atom stereocenters. The molecule has 124 valence electrons. The number of rotatable bonds is 5. The van der Waals surface area contributed by atoms with Crippen molar-refractivity contribution in [2.45, 2.75) is 13.0 Å². The van der Waals surface area contributed by atoms with Crippen molar-refractivity contribution in [3.8, 4) is 5.75 Å². The van der Waals surface area contributed by atoms with Gasteiger partial charge in [0, 0.05) is 12.1 Å². The number of fused-ring (bicyclic) bond motifs is 1. The highest BCUT2D eigenvalue weighted by Gasteiger charge is 2.17. The first-order chi connectivity index (χ1) is 11.7. The highest BCUT2D eigenvalue weighted by atomic mass is 19.1. The van der Waals surface area contributed by atoms with Gasteiger partial charge in [0.25, 0.3) is 5.91 Å². The Morgan fingerprint density at radius 2 is 1.92 bits per heavy atom. The standard InChI is InChI=1S/C19H18FNO3/c20-17-5-6-18-15(10-17)9-16(12-24-18)19(23)21-8-7-13-1-3-14(11-22)4-2-13/h1-6,9-10,22H,7-8,11-12H2,(H,21,23). The van der Waals surface area contributed by atoms with Gasteiger partial charge in [-0.15, -0.1) is 0 Å². The van der Waals surface area contributed by atoms with Crippen LogP contribution in [0.1, 0.15) is 16.7 Å². The Balaban J connectivity index is 1.57. The Hall–Kier alpha value is -2.66. The van der Waals surface area contributed by atoms with Crippen LogP contribution in [0.5, 0.6) is 5.75 Å². The van der Waals surface area contributed by atoms with Crippen LogP contribution in [0.3, 0.4) is 0 Å². The zero-order valence-corrected chi connectivity index (χ0v) is 13.1. The van der Waals surface area contributed by atoms with Gasteiger partial charge in [-0.05, 0) is 41.8 Å². The van der Waals surface area contributed by atoms with E-state index >= 15 is 0 Å². The predicted molar refractivity (Wildman–Crippen MR) is 89.0 cm³/mol. The number of ether oxygens (including phenoxy) is 1. The molecule has 1 aliphatic heterocycles. The van der Waals surface area contributed by atoms with E-state index in [1.54, 1.807) is 12.1 Å². The number of carbonyl (C=O) groups is 1. The third-order valence-electron chi connectivity index (χ3n) is 3.88. The Morgan fingerprint density at radius 3 is 2.67 bits per heavy atom. The molecule has 24 heavy (non-hydrogen) atoms. The molecule has 0 saturated carbocycles. The lowest BCUT2D eigenvalue weighted by molar-refractivity contribution is -0.117. The maximum atomic E-state index is 13.3. The monoisotopic (exact) mass is 327 g/mol. The minimum absolute atomic E-state index is 0.0211. The molecule has 2 aromatic carbocycles. The second-order valence-corrected chi connectivity index (χ2v) is 5.62. The fourth-order valence-electron chi connectivity index (χ4n) is 2.52. The Morgan fingerprint density at radius 1 is 1.17 bits per heavy atom. The van der Waals surface area contributed by atoms with Gasteiger partial charge in [0.1, 0.15) is 18.2 Å². The number of amides is 1. The summed E-state index contributed by atoms with van der Waals surface area (Å²) in [6.45, 7) is 0.688. The topological polar surface area (TPSA) is 58.6 Å². The van der Waals surface area contributed by atoms with Crippen molar-refractivity contribution in [1.29, 1.82) is 0 Å². The third kappa shape index (κ3) is 3.81. The van der Waals surface area contributed by atoms with Gasteiger partial charge in [0.05, 0.1) is 12.2 Å². The van der Waals surface area contributed by atoms with Crippen molar-refractivity contribution in [2.75, 3.05) is 13.2 Å². The third-order valence-corrected chi connectivity index (χ3v) is 3.88. The van der Waals surface area contributed by atoms with Crippen LogP contribution >= 0.6 is 0 Å². The summed E-state index contributed by atoms with van der Waals surface area (Å²) in [4.78, 5) is 12.2. The molecule has 4 nitrogen and oxygen atoms in total. The molecule has 2 N–H and O–H groups in total. The lowest BCUT2D eigenvalue weighted by Gasteiger charge is -2.17. The van der Waals surface area contributed by atoms with Crippen molar-refractivity contribution in [1.82, 2.24) is 5.32 Å². The number of hydrogen-bond acceptors (Lipinski definition) is 3. The maximum Gasteiger partial charge on any atom is 0.250 e. The Bertz CT molecular complexity index is 769. The van der Waals surface area contributed by atoms with Gasteiger partial charge in [-0.25, -0.2) is 4.39 Å². The summed E-state index contributed by atoms with van der Waals surface area (Å²) < 4.78 is 18.7. The van der Waals surface area contributed by atoms with E-state index in [4.69, 9.17) is 9.84 Å². The van der Waals surface area contributed by atoms with Crippen LogP contribution in [0.4, 0.5) is 4.39 Å². The summed E-state index contributed by atoms with van der Waals surface area (Å²) in [6, 6.07) is 11.8. The molecule has 0 bridgehead atoms. The first kappa shape index (κ1) is 16.2. The second kappa shape index (κ2) is 7.27. The zero-order valence-electron chi connectivity index (χ0n) is 13.1. The number of nitrogens with one attached hydrogen (secondary N) is 1. The van der Waals surface area contributed by atoms with Crippen LogP contribution in [0.25, 0.3) is 6.08 Å². The lowest BCUT2D eigenvalue weighted by atomic mass is 10.1. The summed E-state index contributed by atoms with van der Waals surface area (Å²) in [6.07, 6.45) is 2.35. The number of aliphatic hydroxyl groups is 1. The first-order valence-corrected chi connectivity index (χ1v) is 7.75. The highest BCUT2D eigenvalue weighted by molar-refractivity contribution is 5.99. The van der Waals surface area contributed by atoms with Gasteiger partial charge in [-0.2, -0.15) is 0 Å². The maximum absolute atomic E-state index is 13.3. The van der Waals surface area contributed by atoms with Crippen LogP contribution < -0.4 is 10.1 Å². The van der Waals surface area contributed by atoms with E-state index in [2.05, 4.69) is 5.32 Å². The van der Waals surface area contributed by atoms with E-state index in [1.165, 1.54) is 12.1 Å². The van der Waals surface area contributed by atoms with Crippen molar-refractivity contribution >= 4 is 12.0 Å². The predicted octanol–water partition coefficient (Wildman–Crippen LogP) is 2.45. The Kier molecular flexibility index (Phi) is 4.91. The molecule has 5 heteroatoms. The number of carbonyl (C=O) groups excluding carboxylic acids is 1. The molecule has 0 aliphatic carbocycles. The SMILES string of the molecule is O=C(NCCc1ccc(CO)cc1)C1=Cc2cc(F)ccc2OC1. The second-order valence-electron chi connectivity index (χ2n) is 5.62. The van der Waals surface area contributed by atoms with E-state index in [-0.39, 0.29) is 24.9 Å². The normalized spacial score (nSPS) is 12.8. The van der Waals surface area contributed by atoms with Crippen molar-refractivity contribution in [2.24, 2.45) is 0 Å². The molecule has 0 radical (unpaired) electrons. The van der Waals surface area contributed by atoms with Gasteiger partial charge in [0.15, 0.2) is 0 Å². The van der Waals surface area contributed by atoms with Gasteiger partial charge in [-0.1, -0.05) is 24.3 Å². The molecule has 0 saturated heterocycles. The minimum atomic E-state index is -0.360. The fraction of sp³-hybridized carbons (Fsp3) is 0.211. The molecule has 2 aromatic rings. The molecule has 0 atom stereocenters. The minimum Gasteiger partial charge on any atom is -0.488 e. The molecule has 0 aromatic heterocycles. The van der Waals surface area contributed by atoms with Gasteiger partial charge in [-0.3, -0.25) is 4.79 Å². The highest BCUT2D eigenvalue weighted by Crippen LogP contribution is 2.26. The van der Waals surface area contributed by atoms with E-state index in [9.17, 15) is 9.18 Å². The average molecular weight is 327 g/mol. The summed E-state index contributed by atoms with van der Waals surface area (Å²) in [7, 11) is 0. The van der Waals surface area contributed by atoms with Crippen LogP contribution in [-0.4, -0.2) is 24.2 Å². The van der Waals surface area contributed by atoms with Crippen LogP contribution in [0.15, 0.2) is 48.0 Å². The smallest absolute Gasteiger partial charge is 0.250 e. The molecular weight excluding hydrogens is 309 g/mol. The lowest BCUT2D eigenvalue weighted by Crippen LogP contribution is -2.30. The summed E-state index contributed by atoms with van der Waals surface area (Å²) in [5, 5.41) is 11.9. The summed E-state index contributed by atoms with van der Waals surface area (Å²) >= 11 is 0. The molecule has 1 amide bonds.